The lowest BCUT2D eigenvalue weighted by molar-refractivity contribution is -0.209. The smallest absolute Gasteiger partial charge is 0.334 e. The third kappa shape index (κ3) is 1.43. The summed E-state index contributed by atoms with van der Waals surface area (Å²) in [6, 6.07) is 0. The summed E-state index contributed by atoms with van der Waals surface area (Å²) in [4.78, 5) is 23.8. The Hall–Kier alpha value is -1.38. The van der Waals surface area contributed by atoms with Crippen LogP contribution < -0.4 is 0 Å². The van der Waals surface area contributed by atoms with Gasteiger partial charge < -0.3 is 4.74 Å². The number of rotatable bonds is 2. The van der Waals surface area contributed by atoms with Crippen LogP contribution in [-0.2, 0) is 14.3 Å². The van der Waals surface area contributed by atoms with Gasteiger partial charge in [-0.3, -0.25) is 4.79 Å². The van der Waals surface area contributed by atoms with Crippen molar-refractivity contribution in [1.29, 1.82) is 0 Å². The number of fused-ring (bicyclic) bond motifs is 1. The van der Waals surface area contributed by atoms with Crippen molar-refractivity contribution in [1.82, 2.24) is 0 Å². The molecule has 0 aromatic carbocycles. The van der Waals surface area contributed by atoms with Crippen molar-refractivity contribution >= 4 is 11.8 Å². The van der Waals surface area contributed by atoms with E-state index < -0.39 is 5.60 Å². The second kappa shape index (κ2) is 3.81. The minimum atomic E-state index is -0.590. The maximum Gasteiger partial charge on any atom is 0.334 e. The lowest BCUT2D eigenvalue weighted by atomic mass is 9.45. The van der Waals surface area contributed by atoms with E-state index in [9.17, 15) is 9.59 Å². The van der Waals surface area contributed by atoms with Crippen LogP contribution in [0.15, 0.2) is 23.3 Å². The van der Waals surface area contributed by atoms with Gasteiger partial charge in [-0.1, -0.05) is 19.9 Å². The molecule has 0 aliphatic heterocycles. The predicted octanol–water partition coefficient (Wildman–Crippen LogP) is 2.81. The zero-order valence-electron chi connectivity index (χ0n) is 11.7. The lowest BCUT2D eigenvalue weighted by Gasteiger charge is -2.62. The van der Waals surface area contributed by atoms with E-state index in [0.29, 0.717) is 12.0 Å². The Balaban J connectivity index is 2.35. The van der Waals surface area contributed by atoms with Crippen molar-refractivity contribution in [3.8, 4) is 0 Å². The average molecular weight is 248 g/mol. The second-order valence-corrected chi connectivity index (χ2v) is 5.90. The molecule has 3 aliphatic carbocycles. The highest BCUT2D eigenvalue weighted by atomic mass is 16.6. The van der Waals surface area contributed by atoms with Crippen molar-refractivity contribution in [2.45, 2.75) is 46.6 Å². The third-order valence-corrected chi connectivity index (χ3v) is 4.76. The molecule has 98 valence electrons. The highest BCUT2D eigenvalue weighted by Gasteiger charge is 2.67. The Kier molecular flexibility index (Phi) is 2.76. The summed E-state index contributed by atoms with van der Waals surface area (Å²) in [5.74, 6) is -0.135. The van der Waals surface area contributed by atoms with Crippen molar-refractivity contribution in [2.24, 2.45) is 11.3 Å². The molecule has 0 radical (unpaired) electrons. The van der Waals surface area contributed by atoms with Crippen LogP contribution in [0.2, 0.25) is 0 Å². The first-order chi connectivity index (χ1) is 8.26. The lowest BCUT2D eigenvalue weighted by Crippen LogP contribution is -2.67. The summed E-state index contributed by atoms with van der Waals surface area (Å²) >= 11 is 0. The molecule has 0 heterocycles. The molecule has 1 fully saturated rings. The van der Waals surface area contributed by atoms with Gasteiger partial charge in [0, 0.05) is 23.3 Å². The van der Waals surface area contributed by atoms with Crippen LogP contribution in [0.3, 0.4) is 0 Å². The van der Waals surface area contributed by atoms with E-state index in [-0.39, 0.29) is 23.1 Å². The summed E-state index contributed by atoms with van der Waals surface area (Å²) in [6.45, 7) is 9.46. The van der Waals surface area contributed by atoms with Gasteiger partial charge in [-0.2, -0.15) is 0 Å². The maximum absolute atomic E-state index is 12.0. The maximum atomic E-state index is 12.0. The molecule has 0 unspecified atom stereocenters. The van der Waals surface area contributed by atoms with E-state index in [0.717, 1.165) is 5.57 Å². The van der Waals surface area contributed by atoms with Gasteiger partial charge in [0.05, 0.1) is 0 Å². The van der Waals surface area contributed by atoms with Crippen molar-refractivity contribution in [3.05, 3.63) is 23.3 Å². The van der Waals surface area contributed by atoms with Gasteiger partial charge in [0.25, 0.3) is 0 Å². The molecular formula is C15H20O3. The monoisotopic (exact) mass is 248 g/mol. The van der Waals surface area contributed by atoms with E-state index in [2.05, 4.69) is 0 Å². The molecule has 3 nitrogen and oxygen atoms in total. The predicted molar refractivity (Wildman–Crippen MR) is 68.9 cm³/mol. The molecule has 3 aliphatic rings. The van der Waals surface area contributed by atoms with Crippen LogP contribution in [-0.4, -0.2) is 17.4 Å². The minimum Gasteiger partial charge on any atom is -0.451 e. The van der Waals surface area contributed by atoms with Crippen LogP contribution in [0.1, 0.15) is 41.0 Å². The van der Waals surface area contributed by atoms with E-state index in [1.165, 1.54) is 0 Å². The Morgan fingerprint density at radius 1 is 1.50 bits per heavy atom. The largest absolute Gasteiger partial charge is 0.451 e. The number of hydrogen-bond acceptors (Lipinski definition) is 3. The number of hydrogen-bond donors (Lipinski definition) is 0. The van der Waals surface area contributed by atoms with E-state index in [1.807, 2.05) is 27.7 Å². The van der Waals surface area contributed by atoms with Gasteiger partial charge >= 0.3 is 5.97 Å². The first-order valence-corrected chi connectivity index (χ1v) is 6.35. The zero-order valence-corrected chi connectivity index (χ0v) is 11.7. The molecule has 0 amide bonds. The van der Waals surface area contributed by atoms with Crippen LogP contribution in [0.25, 0.3) is 0 Å². The fourth-order valence-electron chi connectivity index (χ4n) is 3.12. The van der Waals surface area contributed by atoms with Gasteiger partial charge in [0.1, 0.15) is 5.60 Å². The SMILES string of the molecule is C/C=C(/C)C(=O)O[C@@]12C[C@@H](C(=O)C=C1C)C2(C)C. The van der Waals surface area contributed by atoms with E-state index in [4.69, 9.17) is 4.74 Å². The highest BCUT2D eigenvalue weighted by Crippen LogP contribution is 2.62. The molecule has 3 heteroatoms. The number of esters is 1. The second-order valence-electron chi connectivity index (χ2n) is 5.90. The standard InChI is InChI=1S/C15H20O3/c1-6-9(2)13(17)18-15-8-11(14(15,4)5)12(16)7-10(15)3/h6-7,11H,8H2,1-5H3/b9-6-/t11-,15-/m0/s1. The molecule has 0 saturated heterocycles. The van der Waals surface area contributed by atoms with Gasteiger partial charge in [0.15, 0.2) is 5.78 Å². The first kappa shape index (κ1) is 13.1. The van der Waals surface area contributed by atoms with Crippen LogP contribution in [0.4, 0.5) is 0 Å². The fraction of sp³-hybridized carbons (Fsp3) is 0.600. The Morgan fingerprint density at radius 3 is 2.56 bits per heavy atom. The fourth-order valence-corrected chi connectivity index (χ4v) is 3.12. The molecule has 2 atom stereocenters. The Morgan fingerprint density at radius 2 is 2.11 bits per heavy atom. The summed E-state index contributed by atoms with van der Waals surface area (Å²) in [5.41, 5.74) is 0.588. The zero-order chi connectivity index (χ0) is 13.7. The molecule has 1 saturated carbocycles. The molecule has 2 bridgehead atoms. The van der Waals surface area contributed by atoms with Crippen molar-refractivity contribution in [3.63, 3.8) is 0 Å². The van der Waals surface area contributed by atoms with Crippen LogP contribution in [0.5, 0.6) is 0 Å². The minimum absolute atomic E-state index is 0.0140. The molecule has 0 aromatic heterocycles. The van der Waals surface area contributed by atoms with E-state index in [1.54, 1.807) is 19.1 Å². The number of carbonyl (C=O) groups excluding carboxylic acids is 2. The van der Waals surface area contributed by atoms with Crippen molar-refractivity contribution < 1.29 is 14.3 Å². The van der Waals surface area contributed by atoms with Crippen LogP contribution >= 0.6 is 0 Å². The van der Waals surface area contributed by atoms with E-state index >= 15 is 0 Å². The highest BCUT2D eigenvalue weighted by molar-refractivity contribution is 5.98. The Bertz CT molecular complexity index is 482. The number of ketones is 1. The third-order valence-electron chi connectivity index (χ3n) is 4.76. The molecule has 18 heavy (non-hydrogen) atoms. The first-order valence-electron chi connectivity index (χ1n) is 6.35. The Labute approximate surface area is 108 Å². The van der Waals surface area contributed by atoms with Crippen molar-refractivity contribution in [2.75, 3.05) is 0 Å². The number of ether oxygens (including phenoxy) is 1. The van der Waals surface area contributed by atoms with Gasteiger partial charge in [-0.15, -0.1) is 0 Å². The number of carbonyl (C=O) groups is 2. The van der Waals surface area contributed by atoms with Crippen LogP contribution in [0, 0.1) is 11.3 Å². The van der Waals surface area contributed by atoms with Gasteiger partial charge in [-0.05, 0) is 32.4 Å². The molecule has 3 rings (SSSR count). The summed E-state index contributed by atoms with van der Waals surface area (Å²) in [7, 11) is 0. The number of allylic oxidation sites excluding steroid dienone is 2. The molecule has 0 aromatic rings. The average Bonchev–Trinajstić information content (AvgIpc) is 2.30. The normalized spacial score (nSPS) is 33.6. The summed E-state index contributed by atoms with van der Waals surface area (Å²) in [5, 5.41) is 0. The molecule has 0 N–H and O–H groups in total. The van der Waals surface area contributed by atoms with Gasteiger partial charge in [0.2, 0.25) is 0 Å². The van der Waals surface area contributed by atoms with Gasteiger partial charge in [-0.25, -0.2) is 4.79 Å². The summed E-state index contributed by atoms with van der Waals surface area (Å²) in [6.07, 6.45) is 4.01. The summed E-state index contributed by atoms with van der Waals surface area (Å²) < 4.78 is 5.75. The topological polar surface area (TPSA) is 43.4 Å². The quantitative estimate of drug-likeness (QED) is 0.557. The molecule has 0 spiro atoms. The molecular weight excluding hydrogens is 228 g/mol.